The maximum absolute atomic E-state index is 10.5. The Morgan fingerprint density at radius 1 is 1.54 bits per heavy atom. The number of carbonyl (C=O) groups excluding carboxylic acids is 1. The maximum atomic E-state index is 10.5. The van der Waals surface area contributed by atoms with Gasteiger partial charge < -0.3 is 5.11 Å². The number of aldehydes is 1. The van der Waals surface area contributed by atoms with Gasteiger partial charge in [-0.05, 0) is 25.3 Å². The SMILES string of the molecule is CCCC(C=O)=CC=CCC(C)O. The third-order valence-electron chi connectivity index (χ3n) is 1.61. The van der Waals surface area contributed by atoms with Gasteiger partial charge in [-0.15, -0.1) is 0 Å². The molecule has 0 saturated heterocycles. The number of aliphatic hydroxyl groups is 1. The molecular weight excluding hydrogens is 164 g/mol. The second-order valence-electron chi connectivity index (χ2n) is 3.12. The van der Waals surface area contributed by atoms with Gasteiger partial charge in [0.15, 0.2) is 0 Å². The number of rotatable bonds is 6. The van der Waals surface area contributed by atoms with Crippen LogP contribution in [0.25, 0.3) is 0 Å². The van der Waals surface area contributed by atoms with Crippen LogP contribution in [0.3, 0.4) is 0 Å². The van der Waals surface area contributed by atoms with Crippen molar-refractivity contribution in [1.29, 1.82) is 0 Å². The minimum absolute atomic E-state index is 0.310. The molecule has 0 aromatic heterocycles. The van der Waals surface area contributed by atoms with Crippen molar-refractivity contribution in [2.75, 3.05) is 0 Å². The van der Waals surface area contributed by atoms with Gasteiger partial charge in [0, 0.05) is 0 Å². The highest BCUT2D eigenvalue weighted by Crippen LogP contribution is 2.01. The van der Waals surface area contributed by atoms with E-state index >= 15 is 0 Å². The first kappa shape index (κ1) is 12.1. The summed E-state index contributed by atoms with van der Waals surface area (Å²) in [6.45, 7) is 3.78. The monoisotopic (exact) mass is 182 g/mol. The Hall–Kier alpha value is -0.890. The van der Waals surface area contributed by atoms with Crippen LogP contribution < -0.4 is 0 Å². The summed E-state index contributed by atoms with van der Waals surface area (Å²) in [6.07, 6.45) is 8.51. The van der Waals surface area contributed by atoms with Crippen LogP contribution in [0.1, 0.15) is 33.1 Å². The van der Waals surface area contributed by atoms with Crippen LogP contribution in [-0.2, 0) is 4.79 Å². The van der Waals surface area contributed by atoms with Gasteiger partial charge in [-0.3, -0.25) is 4.79 Å². The molecule has 0 aliphatic rings. The van der Waals surface area contributed by atoms with Gasteiger partial charge in [-0.25, -0.2) is 0 Å². The lowest BCUT2D eigenvalue weighted by molar-refractivity contribution is -0.105. The molecule has 0 heterocycles. The van der Waals surface area contributed by atoms with Crippen molar-refractivity contribution in [3.05, 3.63) is 23.8 Å². The molecule has 0 saturated carbocycles. The number of aliphatic hydroxyl groups excluding tert-OH is 1. The molecular formula is C11H18O2. The molecule has 1 atom stereocenters. The zero-order valence-corrected chi connectivity index (χ0v) is 8.36. The third-order valence-corrected chi connectivity index (χ3v) is 1.61. The Balaban J connectivity index is 3.90. The zero-order valence-electron chi connectivity index (χ0n) is 8.36. The summed E-state index contributed by atoms with van der Waals surface area (Å²) in [5.74, 6) is 0. The first-order valence-corrected chi connectivity index (χ1v) is 4.69. The van der Waals surface area contributed by atoms with Crippen molar-refractivity contribution in [2.24, 2.45) is 0 Å². The van der Waals surface area contributed by atoms with Gasteiger partial charge in [0.25, 0.3) is 0 Å². The molecule has 13 heavy (non-hydrogen) atoms. The van der Waals surface area contributed by atoms with Gasteiger partial charge in [0.05, 0.1) is 6.10 Å². The summed E-state index contributed by atoms with van der Waals surface area (Å²) < 4.78 is 0. The Bertz CT molecular complexity index is 190. The predicted molar refractivity (Wildman–Crippen MR) is 54.5 cm³/mol. The molecule has 0 aliphatic carbocycles. The van der Waals surface area contributed by atoms with Crippen molar-refractivity contribution >= 4 is 6.29 Å². The molecule has 0 rings (SSSR count). The van der Waals surface area contributed by atoms with Crippen molar-refractivity contribution in [1.82, 2.24) is 0 Å². The highest BCUT2D eigenvalue weighted by molar-refractivity contribution is 5.73. The second kappa shape index (κ2) is 7.74. The molecule has 0 fully saturated rings. The van der Waals surface area contributed by atoms with E-state index in [1.165, 1.54) is 0 Å². The summed E-state index contributed by atoms with van der Waals surface area (Å²) in [6, 6.07) is 0. The molecule has 2 nitrogen and oxygen atoms in total. The molecule has 1 unspecified atom stereocenters. The normalized spacial score (nSPS) is 14.8. The molecule has 0 bridgehead atoms. The molecule has 0 aromatic rings. The van der Waals surface area contributed by atoms with Gasteiger partial charge in [0.1, 0.15) is 6.29 Å². The summed E-state index contributed by atoms with van der Waals surface area (Å²) >= 11 is 0. The maximum Gasteiger partial charge on any atom is 0.146 e. The Kier molecular flexibility index (Phi) is 7.21. The van der Waals surface area contributed by atoms with Gasteiger partial charge >= 0.3 is 0 Å². The fourth-order valence-electron chi connectivity index (χ4n) is 0.937. The van der Waals surface area contributed by atoms with E-state index in [4.69, 9.17) is 5.11 Å². The summed E-state index contributed by atoms with van der Waals surface area (Å²) in [7, 11) is 0. The van der Waals surface area contributed by atoms with Crippen LogP contribution in [0.5, 0.6) is 0 Å². The third kappa shape index (κ3) is 7.47. The Labute approximate surface area is 80.0 Å². The highest BCUT2D eigenvalue weighted by atomic mass is 16.3. The average Bonchev–Trinajstić information content (AvgIpc) is 2.10. The van der Waals surface area contributed by atoms with Gasteiger partial charge in [0.2, 0.25) is 0 Å². The smallest absolute Gasteiger partial charge is 0.146 e. The van der Waals surface area contributed by atoms with Crippen LogP contribution >= 0.6 is 0 Å². The van der Waals surface area contributed by atoms with Crippen LogP contribution in [-0.4, -0.2) is 17.5 Å². The van der Waals surface area contributed by atoms with Crippen LogP contribution in [0.15, 0.2) is 23.8 Å². The molecule has 0 aliphatic heterocycles. The Morgan fingerprint density at radius 3 is 2.69 bits per heavy atom. The molecule has 0 aromatic carbocycles. The summed E-state index contributed by atoms with van der Waals surface area (Å²) in [5.41, 5.74) is 0.810. The minimum Gasteiger partial charge on any atom is -0.393 e. The molecule has 74 valence electrons. The lowest BCUT2D eigenvalue weighted by atomic mass is 10.1. The number of allylic oxidation sites excluding steroid dienone is 3. The zero-order chi connectivity index (χ0) is 10.1. The van der Waals surface area contributed by atoms with Crippen molar-refractivity contribution < 1.29 is 9.90 Å². The standard InChI is InChI=1S/C11H18O2/c1-3-6-11(9-12)8-5-4-7-10(2)13/h4-5,8-10,13H,3,6-7H2,1-2H3. The molecule has 2 heteroatoms. The van der Waals surface area contributed by atoms with Crippen molar-refractivity contribution in [3.63, 3.8) is 0 Å². The lowest BCUT2D eigenvalue weighted by Crippen LogP contribution is -1.95. The molecule has 0 spiro atoms. The van der Waals surface area contributed by atoms with Crippen LogP contribution in [0, 0.1) is 0 Å². The van der Waals surface area contributed by atoms with E-state index in [0.29, 0.717) is 6.42 Å². The van der Waals surface area contributed by atoms with Crippen LogP contribution in [0.4, 0.5) is 0 Å². The summed E-state index contributed by atoms with van der Waals surface area (Å²) in [4.78, 5) is 10.5. The Morgan fingerprint density at radius 2 is 2.23 bits per heavy atom. The number of hydrogen-bond donors (Lipinski definition) is 1. The van der Waals surface area contributed by atoms with E-state index in [2.05, 4.69) is 0 Å². The van der Waals surface area contributed by atoms with Crippen LogP contribution in [0.2, 0.25) is 0 Å². The van der Waals surface area contributed by atoms with E-state index < -0.39 is 0 Å². The van der Waals surface area contributed by atoms with E-state index in [1.807, 2.05) is 19.1 Å². The fourth-order valence-corrected chi connectivity index (χ4v) is 0.937. The van der Waals surface area contributed by atoms with E-state index in [0.717, 1.165) is 24.7 Å². The molecule has 0 amide bonds. The number of hydrogen-bond acceptors (Lipinski definition) is 2. The lowest BCUT2D eigenvalue weighted by Gasteiger charge is -1.95. The van der Waals surface area contributed by atoms with Crippen molar-refractivity contribution in [3.8, 4) is 0 Å². The average molecular weight is 182 g/mol. The first-order chi connectivity index (χ1) is 6.20. The predicted octanol–water partition coefficient (Wildman–Crippen LogP) is 2.24. The van der Waals surface area contributed by atoms with E-state index in [-0.39, 0.29) is 6.10 Å². The topological polar surface area (TPSA) is 37.3 Å². The van der Waals surface area contributed by atoms with Gasteiger partial charge in [-0.1, -0.05) is 31.6 Å². The summed E-state index contributed by atoms with van der Waals surface area (Å²) in [5, 5.41) is 8.94. The second-order valence-corrected chi connectivity index (χ2v) is 3.12. The first-order valence-electron chi connectivity index (χ1n) is 4.69. The highest BCUT2D eigenvalue weighted by Gasteiger charge is 1.91. The number of carbonyl (C=O) groups is 1. The molecule has 1 N–H and O–H groups in total. The van der Waals surface area contributed by atoms with Crippen molar-refractivity contribution in [2.45, 2.75) is 39.2 Å². The molecule has 0 radical (unpaired) electrons. The largest absolute Gasteiger partial charge is 0.393 e. The van der Waals surface area contributed by atoms with E-state index in [1.54, 1.807) is 13.0 Å². The minimum atomic E-state index is -0.310. The van der Waals surface area contributed by atoms with Gasteiger partial charge in [-0.2, -0.15) is 0 Å². The van der Waals surface area contributed by atoms with E-state index in [9.17, 15) is 4.79 Å². The fraction of sp³-hybridized carbons (Fsp3) is 0.545. The quantitative estimate of drug-likeness (QED) is 0.388.